The molecule has 3 unspecified atom stereocenters. The number of nitrogens with zero attached hydrogens (tertiary/aromatic N) is 1. The van der Waals surface area contributed by atoms with Crippen LogP contribution < -0.4 is 5.32 Å². The van der Waals surface area contributed by atoms with E-state index in [1.807, 2.05) is 34.1 Å². The molecule has 8 nitrogen and oxygen atoms in total. The summed E-state index contributed by atoms with van der Waals surface area (Å²) < 4.78 is 23.3. The van der Waals surface area contributed by atoms with Gasteiger partial charge in [-0.2, -0.15) is 0 Å². The van der Waals surface area contributed by atoms with E-state index in [2.05, 4.69) is 24.4 Å². The van der Waals surface area contributed by atoms with Gasteiger partial charge in [-0.1, -0.05) is 237 Å². The van der Waals surface area contributed by atoms with Crippen LogP contribution in [0.5, 0.6) is 0 Å². The zero-order valence-corrected chi connectivity index (χ0v) is 42.8. The maximum atomic E-state index is 12.7. The smallest absolute Gasteiger partial charge is 0.387 e. The molecule has 0 aromatic carbocycles. The number of amides is 1. The Labute approximate surface area is 385 Å². The molecule has 0 saturated heterocycles. The highest BCUT2D eigenvalue weighted by atomic mass is 31.2. The van der Waals surface area contributed by atoms with Gasteiger partial charge in [-0.15, -0.1) is 0 Å². The third-order valence-electron chi connectivity index (χ3n) is 12.1. The van der Waals surface area contributed by atoms with Crippen molar-refractivity contribution in [3.05, 3.63) is 24.3 Å². The molecule has 368 valence electrons. The van der Waals surface area contributed by atoms with Crippen LogP contribution in [-0.4, -0.2) is 73.4 Å². The molecule has 0 aliphatic carbocycles. The maximum Gasteiger partial charge on any atom is 0.472 e. The number of hydrogen-bond donors (Lipinski definition) is 3. The number of unbranched alkanes of at least 4 members (excludes halogenated alkanes) is 34. The van der Waals surface area contributed by atoms with Gasteiger partial charge in [-0.25, -0.2) is 4.57 Å². The average Bonchev–Trinajstić information content (AvgIpc) is 3.23. The molecule has 3 N–H and O–H groups in total. The van der Waals surface area contributed by atoms with Crippen LogP contribution in [0.15, 0.2) is 24.3 Å². The molecule has 0 aromatic rings. The normalized spacial score (nSPS) is 14.2. The number of aliphatic hydroxyl groups excluding tert-OH is 1. The summed E-state index contributed by atoms with van der Waals surface area (Å²) in [5.74, 6) is -0.185. The van der Waals surface area contributed by atoms with E-state index in [-0.39, 0.29) is 19.1 Å². The highest BCUT2D eigenvalue weighted by Gasteiger charge is 2.27. The number of allylic oxidation sites excluding steroid dienone is 3. The van der Waals surface area contributed by atoms with Gasteiger partial charge in [0.05, 0.1) is 39.9 Å². The molecule has 9 heteroatoms. The van der Waals surface area contributed by atoms with Gasteiger partial charge in [0.2, 0.25) is 5.91 Å². The van der Waals surface area contributed by atoms with Crippen molar-refractivity contribution in [3.8, 4) is 0 Å². The van der Waals surface area contributed by atoms with Crippen molar-refractivity contribution in [2.75, 3.05) is 40.9 Å². The van der Waals surface area contributed by atoms with Crippen LogP contribution in [0, 0.1) is 0 Å². The van der Waals surface area contributed by atoms with E-state index in [1.54, 1.807) is 6.08 Å². The summed E-state index contributed by atoms with van der Waals surface area (Å²) in [6.45, 7) is 4.62. The molecular weight excluding hydrogens is 792 g/mol. The molecule has 0 saturated carbocycles. The van der Waals surface area contributed by atoms with Gasteiger partial charge < -0.3 is 19.8 Å². The van der Waals surface area contributed by atoms with Gasteiger partial charge in [-0.05, 0) is 38.5 Å². The molecule has 0 aliphatic heterocycles. The van der Waals surface area contributed by atoms with Gasteiger partial charge in [-0.3, -0.25) is 13.8 Å². The average molecular weight is 898 g/mol. The molecule has 0 fully saturated rings. The summed E-state index contributed by atoms with van der Waals surface area (Å²) >= 11 is 0. The Kier molecular flexibility index (Phi) is 44.4. The van der Waals surface area contributed by atoms with Crippen molar-refractivity contribution in [1.29, 1.82) is 0 Å². The van der Waals surface area contributed by atoms with E-state index in [1.165, 1.54) is 205 Å². The summed E-state index contributed by atoms with van der Waals surface area (Å²) in [6.07, 6.45) is 56.9. The number of likely N-dealkylation sites (N-methyl/N-ethyl adjacent to an activating group) is 1. The number of nitrogens with one attached hydrogen (secondary N) is 1. The first-order valence-corrected chi connectivity index (χ1v) is 28.2. The van der Waals surface area contributed by atoms with Crippen molar-refractivity contribution in [2.45, 2.75) is 270 Å². The molecule has 1 amide bonds. The minimum atomic E-state index is -4.31. The van der Waals surface area contributed by atoms with Crippen LogP contribution in [0.2, 0.25) is 0 Å². The standard InChI is InChI=1S/C53H105N2O6P/c1-6-8-10-11-12-13-14-15-16-17-18-19-20-21-22-23-24-25-26-27-28-29-30-31-32-33-34-35-36-37-38-39-40-41-42-43-45-47-53(57)54-51(52(56)46-44-9-7-2)50-61-62(58,59)60-49-48-55(3,4)5/h17-18,44,46,51-52,56H,6-16,19-43,45,47-50H2,1-5H3,(H-,54,57,58,59)/p+1/b18-17-,46-44+. The fourth-order valence-corrected chi connectivity index (χ4v) is 8.66. The monoisotopic (exact) mass is 898 g/mol. The minimum absolute atomic E-state index is 0.0618. The zero-order chi connectivity index (χ0) is 45.7. The highest BCUT2D eigenvalue weighted by Crippen LogP contribution is 2.43. The molecule has 0 bridgehead atoms. The second-order valence-corrected chi connectivity index (χ2v) is 21.1. The van der Waals surface area contributed by atoms with Crippen LogP contribution >= 0.6 is 7.82 Å². The Hall–Kier alpha value is -1.02. The number of hydrogen-bond acceptors (Lipinski definition) is 5. The Bertz CT molecular complexity index is 1060. The van der Waals surface area contributed by atoms with Crippen molar-refractivity contribution >= 4 is 13.7 Å². The molecule has 0 aliphatic rings. The maximum absolute atomic E-state index is 12.7. The number of phosphoric acid groups is 1. The second kappa shape index (κ2) is 45.1. The number of carbonyl (C=O) groups is 1. The van der Waals surface area contributed by atoms with Gasteiger partial charge in [0.25, 0.3) is 0 Å². The third-order valence-corrected chi connectivity index (χ3v) is 13.1. The predicted octanol–water partition coefficient (Wildman–Crippen LogP) is 15.6. The summed E-state index contributed by atoms with van der Waals surface area (Å²) in [7, 11) is 1.57. The quantitative estimate of drug-likeness (QED) is 0.0243. The first kappa shape index (κ1) is 61.0. The zero-order valence-electron chi connectivity index (χ0n) is 41.9. The van der Waals surface area contributed by atoms with Crippen LogP contribution in [0.1, 0.15) is 258 Å². The summed E-state index contributed by atoms with van der Waals surface area (Å²) in [5.41, 5.74) is 0. The number of aliphatic hydroxyl groups is 1. The molecule has 3 atom stereocenters. The summed E-state index contributed by atoms with van der Waals surface area (Å²) in [4.78, 5) is 22.8. The number of phosphoric ester groups is 1. The lowest BCUT2D eigenvalue weighted by atomic mass is 10.0. The van der Waals surface area contributed by atoms with Crippen LogP contribution in [-0.2, 0) is 18.4 Å². The molecule has 62 heavy (non-hydrogen) atoms. The predicted molar refractivity (Wildman–Crippen MR) is 268 cm³/mol. The van der Waals surface area contributed by atoms with E-state index in [9.17, 15) is 19.4 Å². The Morgan fingerprint density at radius 3 is 1.27 bits per heavy atom. The Balaban J connectivity index is 3.60. The first-order valence-electron chi connectivity index (χ1n) is 26.7. The minimum Gasteiger partial charge on any atom is -0.387 e. The van der Waals surface area contributed by atoms with E-state index >= 15 is 0 Å². The van der Waals surface area contributed by atoms with Crippen LogP contribution in [0.3, 0.4) is 0 Å². The first-order chi connectivity index (χ1) is 30.0. The van der Waals surface area contributed by atoms with E-state index in [0.717, 1.165) is 32.1 Å². The molecule has 0 spiro atoms. The lowest BCUT2D eigenvalue weighted by molar-refractivity contribution is -0.870. The van der Waals surface area contributed by atoms with Crippen LogP contribution in [0.25, 0.3) is 0 Å². The molecular formula is C53H106N2O6P+. The van der Waals surface area contributed by atoms with Crippen molar-refractivity contribution in [2.24, 2.45) is 0 Å². The van der Waals surface area contributed by atoms with E-state index < -0.39 is 20.0 Å². The number of rotatable bonds is 49. The fraction of sp³-hybridized carbons (Fsp3) is 0.906. The van der Waals surface area contributed by atoms with E-state index in [0.29, 0.717) is 17.4 Å². The SMILES string of the molecule is CCC/C=C/C(O)C(COP(=O)(O)OCC[N+](C)(C)C)NC(=O)CCCCCCCCCCCCCCCCCCCCCCCCCCC/C=C\CCCCCCCCCC. The number of quaternary nitrogens is 1. The highest BCUT2D eigenvalue weighted by molar-refractivity contribution is 7.47. The largest absolute Gasteiger partial charge is 0.472 e. The molecule has 0 rings (SSSR count). The number of carbonyl (C=O) groups excluding carboxylic acids is 1. The lowest BCUT2D eigenvalue weighted by Crippen LogP contribution is -2.45. The summed E-state index contributed by atoms with van der Waals surface area (Å²) in [6, 6.07) is -0.838. The molecule has 0 aromatic heterocycles. The van der Waals surface area contributed by atoms with Gasteiger partial charge in [0, 0.05) is 6.42 Å². The van der Waals surface area contributed by atoms with Gasteiger partial charge >= 0.3 is 7.82 Å². The fourth-order valence-electron chi connectivity index (χ4n) is 7.93. The van der Waals surface area contributed by atoms with Crippen molar-refractivity contribution in [3.63, 3.8) is 0 Å². The Morgan fingerprint density at radius 2 is 0.903 bits per heavy atom. The molecule has 0 heterocycles. The molecule has 0 radical (unpaired) electrons. The van der Waals surface area contributed by atoms with E-state index in [4.69, 9.17) is 9.05 Å². The van der Waals surface area contributed by atoms with Gasteiger partial charge in [0.15, 0.2) is 0 Å². The second-order valence-electron chi connectivity index (χ2n) is 19.6. The van der Waals surface area contributed by atoms with Crippen molar-refractivity contribution in [1.82, 2.24) is 5.32 Å². The lowest BCUT2D eigenvalue weighted by Gasteiger charge is -2.25. The van der Waals surface area contributed by atoms with Gasteiger partial charge in [0.1, 0.15) is 13.2 Å². The Morgan fingerprint density at radius 1 is 0.532 bits per heavy atom. The summed E-state index contributed by atoms with van der Waals surface area (Å²) in [5, 5.41) is 13.5. The third kappa shape index (κ3) is 47.0. The van der Waals surface area contributed by atoms with Crippen LogP contribution in [0.4, 0.5) is 0 Å². The topological polar surface area (TPSA) is 105 Å². The van der Waals surface area contributed by atoms with Crippen molar-refractivity contribution < 1.29 is 32.9 Å².